The molecule has 0 saturated carbocycles. The molecule has 0 aliphatic carbocycles. The topological polar surface area (TPSA) is 32.3 Å². The Morgan fingerprint density at radius 3 is 3.00 bits per heavy atom. The highest BCUT2D eigenvalue weighted by Gasteiger charge is 2.14. The number of hydrogen-bond acceptors (Lipinski definition) is 2. The van der Waals surface area contributed by atoms with Crippen LogP contribution in [0.2, 0.25) is 0 Å². The molecule has 2 rings (SSSR count). The van der Waals surface area contributed by atoms with Crippen LogP contribution in [0.1, 0.15) is 36.4 Å². The molecule has 1 atom stereocenters. The van der Waals surface area contributed by atoms with Gasteiger partial charge in [-0.25, -0.2) is 0 Å². The van der Waals surface area contributed by atoms with E-state index >= 15 is 0 Å². The van der Waals surface area contributed by atoms with Crippen molar-refractivity contribution >= 4 is 0 Å². The number of rotatable bonds is 2. The largest absolute Gasteiger partial charge is 0.392 e. The highest BCUT2D eigenvalue weighted by atomic mass is 16.3. The van der Waals surface area contributed by atoms with Crippen molar-refractivity contribution < 1.29 is 5.11 Å². The molecular formula is C12H17NO. The molecule has 1 aromatic rings. The Morgan fingerprint density at radius 1 is 1.36 bits per heavy atom. The zero-order valence-corrected chi connectivity index (χ0v) is 8.37. The minimum absolute atomic E-state index is 0.139. The molecule has 0 bridgehead atoms. The summed E-state index contributed by atoms with van der Waals surface area (Å²) in [7, 11) is 0. The van der Waals surface area contributed by atoms with Gasteiger partial charge in [0.2, 0.25) is 0 Å². The lowest BCUT2D eigenvalue weighted by Crippen LogP contribution is -2.26. The molecule has 76 valence electrons. The van der Waals surface area contributed by atoms with Crippen molar-refractivity contribution in [3.63, 3.8) is 0 Å². The molecular weight excluding hydrogens is 174 g/mol. The molecule has 0 spiro atoms. The van der Waals surface area contributed by atoms with Gasteiger partial charge in [0.1, 0.15) is 0 Å². The molecule has 1 aromatic carbocycles. The van der Waals surface area contributed by atoms with Crippen LogP contribution >= 0.6 is 0 Å². The van der Waals surface area contributed by atoms with Gasteiger partial charge < -0.3 is 10.4 Å². The highest BCUT2D eigenvalue weighted by Crippen LogP contribution is 2.23. The van der Waals surface area contributed by atoms with Crippen LogP contribution < -0.4 is 5.32 Å². The zero-order chi connectivity index (χ0) is 9.80. The van der Waals surface area contributed by atoms with Gasteiger partial charge in [0.25, 0.3) is 0 Å². The molecule has 2 nitrogen and oxygen atoms in total. The van der Waals surface area contributed by atoms with Gasteiger partial charge in [-0.15, -0.1) is 0 Å². The summed E-state index contributed by atoms with van der Waals surface area (Å²) < 4.78 is 0. The van der Waals surface area contributed by atoms with E-state index in [2.05, 4.69) is 17.4 Å². The Bertz CT molecular complexity index is 292. The smallest absolute Gasteiger partial charge is 0.0681 e. The van der Waals surface area contributed by atoms with E-state index in [-0.39, 0.29) is 6.61 Å². The zero-order valence-electron chi connectivity index (χ0n) is 8.37. The summed E-state index contributed by atoms with van der Waals surface area (Å²) in [6, 6.07) is 8.73. The molecule has 1 heterocycles. The fraction of sp³-hybridized carbons (Fsp3) is 0.500. The van der Waals surface area contributed by atoms with Gasteiger partial charge in [-0.3, -0.25) is 0 Å². The third kappa shape index (κ3) is 2.14. The van der Waals surface area contributed by atoms with Crippen LogP contribution in [0, 0.1) is 0 Å². The van der Waals surface area contributed by atoms with Gasteiger partial charge >= 0.3 is 0 Å². The lowest BCUT2D eigenvalue weighted by molar-refractivity contribution is 0.281. The number of aliphatic hydroxyl groups excluding tert-OH is 1. The van der Waals surface area contributed by atoms with Gasteiger partial charge in [0, 0.05) is 6.04 Å². The van der Waals surface area contributed by atoms with Crippen LogP contribution in [-0.4, -0.2) is 11.7 Å². The van der Waals surface area contributed by atoms with Crippen LogP contribution in [-0.2, 0) is 6.61 Å². The first-order valence-electron chi connectivity index (χ1n) is 5.33. The van der Waals surface area contributed by atoms with E-state index in [4.69, 9.17) is 5.11 Å². The number of nitrogens with one attached hydrogen (secondary N) is 1. The van der Waals surface area contributed by atoms with Gasteiger partial charge in [-0.1, -0.05) is 30.7 Å². The molecule has 14 heavy (non-hydrogen) atoms. The van der Waals surface area contributed by atoms with E-state index in [1.807, 2.05) is 12.1 Å². The Labute approximate surface area is 85.0 Å². The Hall–Kier alpha value is -0.860. The van der Waals surface area contributed by atoms with Crippen LogP contribution in [0.3, 0.4) is 0 Å². The second-order valence-electron chi connectivity index (χ2n) is 3.91. The Morgan fingerprint density at radius 2 is 2.29 bits per heavy atom. The molecule has 1 aliphatic heterocycles. The second-order valence-corrected chi connectivity index (χ2v) is 3.91. The summed E-state index contributed by atoms with van der Waals surface area (Å²) in [6.07, 6.45) is 3.81. The van der Waals surface area contributed by atoms with Crippen LogP contribution in [0.5, 0.6) is 0 Å². The average Bonchev–Trinajstić information content (AvgIpc) is 2.30. The molecule has 1 saturated heterocycles. The van der Waals surface area contributed by atoms with E-state index < -0.39 is 0 Å². The molecule has 1 unspecified atom stereocenters. The minimum atomic E-state index is 0.139. The monoisotopic (exact) mass is 191 g/mol. The predicted molar refractivity (Wildman–Crippen MR) is 57.0 cm³/mol. The van der Waals surface area contributed by atoms with E-state index in [1.165, 1.54) is 24.8 Å². The Kier molecular flexibility index (Phi) is 3.17. The van der Waals surface area contributed by atoms with Crippen LogP contribution in [0.15, 0.2) is 24.3 Å². The fourth-order valence-electron chi connectivity index (χ4n) is 2.04. The lowest BCUT2D eigenvalue weighted by atomic mass is 9.96. The predicted octanol–water partition coefficient (Wildman–Crippen LogP) is 1.99. The van der Waals surface area contributed by atoms with Crippen LogP contribution in [0.25, 0.3) is 0 Å². The van der Waals surface area contributed by atoms with E-state index in [9.17, 15) is 0 Å². The van der Waals surface area contributed by atoms with Crippen molar-refractivity contribution in [1.82, 2.24) is 5.32 Å². The summed E-state index contributed by atoms with van der Waals surface area (Å²) in [5.41, 5.74) is 2.33. The molecule has 0 radical (unpaired) electrons. The summed E-state index contributed by atoms with van der Waals surface area (Å²) in [5, 5.41) is 12.5. The first-order chi connectivity index (χ1) is 6.90. The van der Waals surface area contributed by atoms with Crippen molar-refractivity contribution in [2.75, 3.05) is 6.54 Å². The number of benzene rings is 1. The molecule has 2 heteroatoms. The second kappa shape index (κ2) is 4.58. The maximum Gasteiger partial charge on any atom is 0.0681 e. The molecule has 0 aromatic heterocycles. The summed E-state index contributed by atoms with van der Waals surface area (Å²) in [6.45, 7) is 1.26. The summed E-state index contributed by atoms with van der Waals surface area (Å²) in [5.74, 6) is 0. The molecule has 1 fully saturated rings. The molecule has 0 amide bonds. The quantitative estimate of drug-likeness (QED) is 0.749. The number of hydrogen-bond donors (Lipinski definition) is 2. The highest BCUT2D eigenvalue weighted by molar-refractivity contribution is 5.25. The van der Waals surface area contributed by atoms with E-state index in [0.717, 1.165) is 12.1 Å². The average molecular weight is 191 g/mol. The van der Waals surface area contributed by atoms with Crippen molar-refractivity contribution in [2.45, 2.75) is 31.9 Å². The lowest BCUT2D eigenvalue weighted by Gasteiger charge is -2.24. The third-order valence-corrected chi connectivity index (χ3v) is 2.85. The van der Waals surface area contributed by atoms with E-state index in [0.29, 0.717) is 6.04 Å². The van der Waals surface area contributed by atoms with Gasteiger partial charge in [0.05, 0.1) is 6.61 Å². The van der Waals surface area contributed by atoms with E-state index in [1.54, 1.807) is 0 Å². The first kappa shape index (κ1) is 9.69. The maximum atomic E-state index is 9.04. The molecule has 2 N–H and O–H groups in total. The Balaban J connectivity index is 2.13. The maximum absolute atomic E-state index is 9.04. The SMILES string of the molecule is OCc1cccc(C2CCCCN2)c1. The van der Waals surface area contributed by atoms with Gasteiger partial charge in [0.15, 0.2) is 0 Å². The molecule has 1 aliphatic rings. The third-order valence-electron chi connectivity index (χ3n) is 2.85. The number of piperidine rings is 1. The van der Waals surface area contributed by atoms with Gasteiger partial charge in [-0.2, -0.15) is 0 Å². The number of aliphatic hydroxyl groups is 1. The van der Waals surface area contributed by atoms with Crippen LogP contribution in [0.4, 0.5) is 0 Å². The fourth-order valence-corrected chi connectivity index (χ4v) is 2.04. The summed E-state index contributed by atoms with van der Waals surface area (Å²) in [4.78, 5) is 0. The normalized spacial score (nSPS) is 22.2. The van der Waals surface area contributed by atoms with Gasteiger partial charge in [-0.05, 0) is 30.5 Å². The standard InChI is InChI=1S/C12H17NO/c14-9-10-4-3-5-11(8-10)12-6-1-2-7-13-12/h3-5,8,12-14H,1-2,6-7,9H2. The van der Waals surface area contributed by atoms with Crippen molar-refractivity contribution in [3.05, 3.63) is 35.4 Å². The van der Waals surface area contributed by atoms with Crippen molar-refractivity contribution in [2.24, 2.45) is 0 Å². The van der Waals surface area contributed by atoms with Crippen molar-refractivity contribution in [1.29, 1.82) is 0 Å². The summed E-state index contributed by atoms with van der Waals surface area (Å²) >= 11 is 0. The minimum Gasteiger partial charge on any atom is -0.392 e. The first-order valence-corrected chi connectivity index (χ1v) is 5.33. The van der Waals surface area contributed by atoms with Crippen molar-refractivity contribution in [3.8, 4) is 0 Å².